The number of methoxy groups -OCH3 is 1. The summed E-state index contributed by atoms with van der Waals surface area (Å²) in [6.45, 7) is 0. The fourth-order valence-corrected chi connectivity index (χ4v) is 1.40. The Bertz CT molecular complexity index is 281. The third-order valence-electron chi connectivity index (χ3n) is 2.12. The summed E-state index contributed by atoms with van der Waals surface area (Å²) in [5.74, 6) is 0.871. The van der Waals surface area contributed by atoms with Crippen molar-refractivity contribution in [3.05, 3.63) is 29.3 Å². The zero-order valence-corrected chi connectivity index (χ0v) is 6.37. The van der Waals surface area contributed by atoms with E-state index in [0.29, 0.717) is 0 Å². The van der Waals surface area contributed by atoms with Crippen LogP contribution in [0.5, 0.6) is 5.75 Å². The van der Waals surface area contributed by atoms with Crippen LogP contribution in [0.1, 0.15) is 17.2 Å². The zero-order valence-electron chi connectivity index (χ0n) is 6.37. The Hall–Kier alpha value is -1.02. The highest BCUT2D eigenvalue weighted by Crippen LogP contribution is 2.34. The quantitative estimate of drug-likeness (QED) is 0.653. The van der Waals surface area contributed by atoms with Gasteiger partial charge in [-0.3, -0.25) is 0 Å². The van der Waals surface area contributed by atoms with E-state index >= 15 is 0 Å². The largest absolute Gasteiger partial charge is 0.497 e. The van der Waals surface area contributed by atoms with Crippen molar-refractivity contribution in [2.45, 2.75) is 12.5 Å². The van der Waals surface area contributed by atoms with Gasteiger partial charge < -0.3 is 9.84 Å². The minimum Gasteiger partial charge on any atom is -0.497 e. The first-order valence-corrected chi connectivity index (χ1v) is 3.66. The van der Waals surface area contributed by atoms with Crippen molar-refractivity contribution in [2.75, 3.05) is 7.11 Å². The van der Waals surface area contributed by atoms with Crippen molar-refractivity contribution >= 4 is 0 Å². The van der Waals surface area contributed by atoms with Crippen molar-refractivity contribution in [3.63, 3.8) is 0 Å². The zero-order chi connectivity index (χ0) is 7.84. The molecule has 0 radical (unpaired) electrons. The molecule has 0 aromatic heterocycles. The minimum atomic E-state index is -0.240. The predicted octanol–water partition coefficient (Wildman–Crippen LogP) is 1.28. The summed E-state index contributed by atoms with van der Waals surface area (Å²) in [6.07, 6.45) is 0.530. The number of benzene rings is 1. The van der Waals surface area contributed by atoms with Gasteiger partial charge in [0.25, 0.3) is 0 Å². The molecule has 1 N–H and O–H groups in total. The van der Waals surface area contributed by atoms with Crippen molar-refractivity contribution in [1.82, 2.24) is 0 Å². The maximum absolute atomic E-state index is 9.22. The third kappa shape index (κ3) is 0.906. The van der Waals surface area contributed by atoms with Crippen LogP contribution in [-0.2, 0) is 6.42 Å². The van der Waals surface area contributed by atoms with Crippen LogP contribution in [0.15, 0.2) is 18.2 Å². The molecule has 2 heteroatoms. The molecule has 0 amide bonds. The molecular weight excluding hydrogens is 140 g/mol. The van der Waals surface area contributed by atoms with Gasteiger partial charge in [0.2, 0.25) is 0 Å². The van der Waals surface area contributed by atoms with E-state index in [9.17, 15) is 5.11 Å². The van der Waals surface area contributed by atoms with Crippen molar-refractivity contribution in [2.24, 2.45) is 0 Å². The molecule has 0 saturated carbocycles. The van der Waals surface area contributed by atoms with Crippen LogP contribution in [0.2, 0.25) is 0 Å². The summed E-state index contributed by atoms with van der Waals surface area (Å²) in [6, 6.07) is 5.77. The van der Waals surface area contributed by atoms with Crippen LogP contribution in [0.3, 0.4) is 0 Å². The van der Waals surface area contributed by atoms with E-state index in [-0.39, 0.29) is 6.10 Å². The molecule has 1 aliphatic rings. The molecule has 0 bridgehead atoms. The molecule has 0 unspecified atom stereocenters. The summed E-state index contributed by atoms with van der Waals surface area (Å²) in [4.78, 5) is 0. The predicted molar refractivity (Wildman–Crippen MR) is 41.7 cm³/mol. The number of ether oxygens (including phenoxy) is 1. The maximum Gasteiger partial charge on any atom is 0.119 e. The second-order valence-electron chi connectivity index (χ2n) is 2.78. The van der Waals surface area contributed by atoms with E-state index in [0.717, 1.165) is 17.7 Å². The lowest BCUT2D eigenvalue weighted by atomic mass is 9.85. The van der Waals surface area contributed by atoms with Gasteiger partial charge in [-0.2, -0.15) is 0 Å². The van der Waals surface area contributed by atoms with Crippen molar-refractivity contribution in [3.8, 4) is 5.75 Å². The Morgan fingerprint density at radius 2 is 2.36 bits per heavy atom. The lowest BCUT2D eigenvalue weighted by Gasteiger charge is -2.25. The summed E-state index contributed by atoms with van der Waals surface area (Å²) in [7, 11) is 1.65. The Morgan fingerprint density at radius 1 is 1.55 bits per heavy atom. The topological polar surface area (TPSA) is 29.5 Å². The molecule has 1 aliphatic carbocycles. The van der Waals surface area contributed by atoms with E-state index in [2.05, 4.69) is 0 Å². The first kappa shape index (κ1) is 6.68. The molecule has 58 valence electrons. The molecule has 11 heavy (non-hydrogen) atoms. The van der Waals surface area contributed by atoms with Gasteiger partial charge in [0.1, 0.15) is 5.75 Å². The Morgan fingerprint density at radius 3 is 2.91 bits per heavy atom. The van der Waals surface area contributed by atoms with Gasteiger partial charge in [0.15, 0.2) is 0 Å². The van der Waals surface area contributed by atoms with E-state index < -0.39 is 0 Å². The van der Waals surface area contributed by atoms with Gasteiger partial charge in [-0.05, 0) is 23.3 Å². The van der Waals surface area contributed by atoms with E-state index in [1.807, 2.05) is 18.2 Å². The van der Waals surface area contributed by atoms with Gasteiger partial charge in [-0.15, -0.1) is 0 Å². The molecule has 0 saturated heterocycles. The van der Waals surface area contributed by atoms with Gasteiger partial charge in [0, 0.05) is 6.42 Å². The van der Waals surface area contributed by atoms with Crippen LogP contribution in [0.4, 0.5) is 0 Å². The molecule has 0 fully saturated rings. The first-order chi connectivity index (χ1) is 5.31. The number of aliphatic hydroxyl groups is 1. The molecule has 0 heterocycles. The Balaban J connectivity index is 2.38. The lowest BCUT2D eigenvalue weighted by molar-refractivity contribution is 0.153. The molecule has 1 atom stereocenters. The van der Waals surface area contributed by atoms with Crippen LogP contribution in [0, 0.1) is 0 Å². The maximum atomic E-state index is 9.22. The number of aliphatic hydroxyl groups excluding tert-OH is 1. The molecule has 2 rings (SSSR count). The van der Waals surface area contributed by atoms with Gasteiger partial charge in [0.05, 0.1) is 13.2 Å². The highest BCUT2D eigenvalue weighted by molar-refractivity contribution is 5.43. The second kappa shape index (κ2) is 2.24. The molecular formula is C9H10O2. The van der Waals surface area contributed by atoms with Crippen molar-refractivity contribution in [1.29, 1.82) is 0 Å². The smallest absolute Gasteiger partial charge is 0.119 e. The van der Waals surface area contributed by atoms with E-state index in [4.69, 9.17) is 4.74 Å². The first-order valence-electron chi connectivity index (χ1n) is 3.66. The van der Waals surface area contributed by atoms with Crippen LogP contribution in [-0.4, -0.2) is 12.2 Å². The number of rotatable bonds is 1. The van der Waals surface area contributed by atoms with Gasteiger partial charge >= 0.3 is 0 Å². The van der Waals surface area contributed by atoms with Gasteiger partial charge in [-0.25, -0.2) is 0 Å². The summed E-state index contributed by atoms with van der Waals surface area (Å²) in [5.41, 5.74) is 2.25. The summed E-state index contributed by atoms with van der Waals surface area (Å²) in [5, 5.41) is 9.22. The molecule has 0 spiro atoms. The average molecular weight is 150 g/mol. The Labute approximate surface area is 65.4 Å². The number of fused-ring (bicyclic) bond motifs is 1. The van der Waals surface area contributed by atoms with E-state index in [1.165, 1.54) is 5.56 Å². The van der Waals surface area contributed by atoms with Crippen LogP contribution < -0.4 is 4.74 Å². The summed E-state index contributed by atoms with van der Waals surface area (Å²) < 4.78 is 5.04. The molecule has 2 nitrogen and oxygen atoms in total. The molecule has 1 aromatic rings. The standard InChI is InChI=1S/C9H10O2/c1-11-7-2-3-8-6(4-7)5-9(8)10/h2-4,9-10H,5H2,1H3/t9-/m0/s1. The minimum absolute atomic E-state index is 0.240. The molecule has 1 aromatic carbocycles. The van der Waals surface area contributed by atoms with Gasteiger partial charge in [-0.1, -0.05) is 6.07 Å². The monoisotopic (exact) mass is 150 g/mol. The van der Waals surface area contributed by atoms with Crippen LogP contribution in [0.25, 0.3) is 0 Å². The van der Waals surface area contributed by atoms with Crippen molar-refractivity contribution < 1.29 is 9.84 Å². The number of hydrogen-bond donors (Lipinski definition) is 1. The normalized spacial score (nSPS) is 20.4. The van der Waals surface area contributed by atoms with E-state index in [1.54, 1.807) is 7.11 Å². The number of hydrogen-bond acceptors (Lipinski definition) is 2. The van der Waals surface area contributed by atoms with Crippen LogP contribution >= 0.6 is 0 Å². The Kier molecular flexibility index (Phi) is 1.36. The second-order valence-corrected chi connectivity index (χ2v) is 2.78. The molecule has 0 aliphatic heterocycles. The third-order valence-corrected chi connectivity index (χ3v) is 2.12. The fraction of sp³-hybridized carbons (Fsp3) is 0.333. The summed E-state index contributed by atoms with van der Waals surface area (Å²) >= 11 is 0. The lowest BCUT2D eigenvalue weighted by Crippen LogP contribution is -2.15. The SMILES string of the molecule is COc1ccc2c(c1)C[C@@H]2O. The average Bonchev–Trinajstić information content (AvgIpc) is 2.02. The highest BCUT2D eigenvalue weighted by Gasteiger charge is 2.23. The highest BCUT2D eigenvalue weighted by atomic mass is 16.5. The fourth-order valence-electron chi connectivity index (χ4n) is 1.40.